The van der Waals surface area contributed by atoms with Crippen molar-refractivity contribution >= 4 is 21.8 Å². The van der Waals surface area contributed by atoms with Crippen molar-refractivity contribution in [1.29, 1.82) is 5.26 Å². The Bertz CT molecular complexity index is 831. The molecule has 0 aliphatic heterocycles. The van der Waals surface area contributed by atoms with Crippen LogP contribution in [-0.2, 0) is 15.8 Å². The van der Waals surface area contributed by atoms with E-state index >= 15 is 0 Å². The lowest BCUT2D eigenvalue weighted by Gasteiger charge is -2.21. The predicted octanol–water partition coefficient (Wildman–Crippen LogP) is 3.12. The van der Waals surface area contributed by atoms with Crippen molar-refractivity contribution in [2.45, 2.75) is 29.4 Å². The fourth-order valence-electron chi connectivity index (χ4n) is 2.35. The summed E-state index contributed by atoms with van der Waals surface area (Å²) in [6.45, 7) is 1.92. The molecule has 0 aliphatic rings. The van der Waals surface area contributed by atoms with Gasteiger partial charge in [0, 0.05) is 12.3 Å². The van der Waals surface area contributed by atoms with Crippen molar-refractivity contribution < 1.29 is 8.42 Å². The molecule has 2 N–H and O–H groups in total. The lowest BCUT2D eigenvalue weighted by atomic mass is 10.2. The zero-order valence-electron chi connectivity index (χ0n) is 14.7. The molecule has 2 aromatic rings. The Kier molecular flexibility index (Phi) is 7.66. The summed E-state index contributed by atoms with van der Waals surface area (Å²) in [6.07, 6.45) is 0.476. The molecule has 0 aromatic heterocycles. The van der Waals surface area contributed by atoms with Crippen molar-refractivity contribution in [3.63, 3.8) is 0 Å². The van der Waals surface area contributed by atoms with Gasteiger partial charge in [-0.2, -0.15) is 9.57 Å². The summed E-state index contributed by atoms with van der Waals surface area (Å²) in [5, 5.41) is 8.81. The fourth-order valence-corrected chi connectivity index (χ4v) is 4.58. The number of hydrogen-bond donors (Lipinski definition) is 1. The third-order valence-electron chi connectivity index (χ3n) is 3.88. The van der Waals surface area contributed by atoms with E-state index in [1.807, 2.05) is 43.3 Å². The summed E-state index contributed by atoms with van der Waals surface area (Å²) in [4.78, 5) is 0.198. The average molecular weight is 390 g/mol. The van der Waals surface area contributed by atoms with Crippen LogP contribution >= 0.6 is 11.8 Å². The zero-order chi connectivity index (χ0) is 19.0. The first-order chi connectivity index (χ1) is 12.4. The highest BCUT2D eigenvalue weighted by molar-refractivity contribution is 7.99. The van der Waals surface area contributed by atoms with E-state index in [1.165, 1.54) is 9.87 Å². The normalized spacial score (nSPS) is 12.7. The quantitative estimate of drug-likeness (QED) is 0.526. The molecule has 2 aromatic carbocycles. The molecule has 5 nitrogen and oxygen atoms in total. The van der Waals surface area contributed by atoms with Crippen LogP contribution in [0.25, 0.3) is 0 Å². The van der Waals surface area contributed by atoms with Crippen LogP contribution in [-0.4, -0.2) is 31.2 Å². The van der Waals surface area contributed by atoms with Gasteiger partial charge in [0.15, 0.2) is 0 Å². The van der Waals surface area contributed by atoms with E-state index in [0.717, 1.165) is 11.3 Å². The number of nitriles is 1. The van der Waals surface area contributed by atoms with Gasteiger partial charge in [-0.15, -0.1) is 11.8 Å². The molecule has 0 aliphatic carbocycles. The molecule has 138 valence electrons. The van der Waals surface area contributed by atoms with Crippen LogP contribution in [0.1, 0.15) is 17.5 Å². The first-order valence-corrected chi connectivity index (χ1v) is 10.8. The van der Waals surface area contributed by atoms with Crippen molar-refractivity contribution in [2.75, 3.05) is 13.1 Å². The second-order valence-corrected chi connectivity index (χ2v) is 9.10. The Morgan fingerprint density at radius 2 is 1.81 bits per heavy atom. The van der Waals surface area contributed by atoms with E-state index < -0.39 is 10.0 Å². The SMILES string of the molecule is Cc1ccc(S(=O)(=O)N(CC#N)CCC(N)SCc2ccccc2)cc1. The molecule has 0 saturated heterocycles. The van der Waals surface area contributed by atoms with E-state index in [-0.39, 0.29) is 23.4 Å². The first-order valence-electron chi connectivity index (χ1n) is 8.28. The number of sulfonamides is 1. The molecule has 0 saturated carbocycles. The van der Waals surface area contributed by atoms with Gasteiger partial charge < -0.3 is 5.73 Å². The van der Waals surface area contributed by atoms with Crippen LogP contribution in [0.15, 0.2) is 59.5 Å². The topological polar surface area (TPSA) is 87.2 Å². The van der Waals surface area contributed by atoms with E-state index in [1.54, 1.807) is 36.0 Å². The molecule has 2 rings (SSSR count). The van der Waals surface area contributed by atoms with Gasteiger partial charge in [-0.25, -0.2) is 8.42 Å². The van der Waals surface area contributed by atoms with E-state index in [0.29, 0.717) is 6.42 Å². The highest BCUT2D eigenvalue weighted by Crippen LogP contribution is 2.20. The standard InChI is InChI=1S/C19H23N3O2S2/c1-16-7-9-18(10-8-16)26(23,24)22(14-12-20)13-11-19(21)25-15-17-5-3-2-4-6-17/h2-10,19H,11,13-15,21H2,1H3. The lowest BCUT2D eigenvalue weighted by Crippen LogP contribution is -2.35. The van der Waals surface area contributed by atoms with Gasteiger partial charge in [-0.1, -0.05) is 48.0 Å². The molecule has 0 radical (unpaired) electrons. The van der Waals surface area contributed by atoms with Crippen molar-refractivity contribution in [1.82, 2.24) is 4.31 Å². The third kappa shape index (κ3) is 5.85. The molecule has 0 fully saturated rings. The van der Waals surface area contributed by atoms with Gasteiger partial charge in [-0.3, -0.25) is 0 Å². The summed E-state index contributed by atoms with van der Waals surface area (Å²) < 4.78 is 26.7. The van der Waals surface area contributed by atoms with Gasteiger partial charge in [0.05, 0.1) is 16.3 Å². The van der Waals surface area contributed by atoms with E-state index in [4.69, 9.17) is 11.0 Å². The molecule has 0 amide bonds. The summed E-state index contributed by atoms with van der Waals surface area (Å²) in [5.41, 5.74) is 8.28. The minimum atomic E-state index is -3.70. The number of aryl methyl sites for hydroxylation is 1. The van der Waals surface area contributed by atoms with Gasteiger partial charge >= 0.3 is 0 Å². The minimum Gasteiger partial charge on any atom is -0.319 e. The molecular weight excluding hydrogens is 366 g/mol. The maximum absolute atomic E-state index is 12.8. The molecule has 0 spiro atoms. The number of thioether (sulfide) groups is 1. The number of hydrogen-bond acceptors (Lipinski definition) is 5. The molecule has 1 unspecified atom stereocenters. The van der Waals surface area contributed by atoms with Crippen molar-refractivity contribution in [3.05, 3.63) is 65.7 Å². The average Bonchev–Trinajstić information content (AvgIpc) is 2.64. The number of benzene rings is 2. The molecular formula is C19H23N3O2S2. The third-order valence-corrected chi connectivity index (χ3v) is 6.90. The second-order valence-electron chi connectivity index (χ2n) is 5.93. The van der Waals surface area contributed by atoms with Crippen LogP contribution < -0.4 is 5.73 Å². The van der Waals surface area contributed by atoms with Crippen LogP contribution in [0, 0.1) is 18.3 Å². The number of nitrogens with two attached hydrogens (primary N) is 1. The molecule has 1 atom stereocenters. The summed E-state index contributed by atoms with van der Waals surface area (Å²) >= 11 is 1.57. The van der Waals surface area contributed by atoms with Gasteiger partial charge in [-0.05, 0) is 31.0 Å². The Balaban J connectivity index is 1.96. The first kappa shape index (κ1) is 20.5. The van der Waals surface area contributed by atoms with E-state index in [2.05, 4.69) is 0 Å². The van der Waals surface area contributed by atoms with Crippen LogP contribution in [0.2, 0.25) is 0 Å². The number of nitrogens with zero attached hydrogens (tertiary/aromatic N) is 2. The van der Waals surface area contributed by atoms with Crippen LogP contribution in [0.4, 0.5) is 0 Å². The van der Waals surface area contributed by atoms with Crippen LogP contribution in [0.3, 0.4) is 0 Å². The highest BCUT2D eigenvalue weighted by atomic mass is 32.2. The van der Waals surface area contributed by atoms with Gasteiger partial charge in [0.25, 0.3) is 0 Å². The summed E-state index contributed by atoms with van der Waals surface area (Å²) in [6, 6.07) is 18.5. The van der Waals surface area contributed by atoms with E-state index in [9.17, 15) is 8.42 Å². The maximum atomic E-state index is 12.8. The monoisotopic (exact) mass is 389 g/mol. The summed E-state index contributed by atoms with van der Waals surface area (Å²) in [7, 11) is -3.70. The Hall–Kier alpha value is -1.85. The smallest absolute Gasteiger partial charge is 0.244 e. The summed E-state index contributed by atoms with van der Waals surface area (Å²) in [5.74, 6) is 0.769. The molecule has 0 bridgehead atoms. The largest absolute Gasteiger partial charge is 0.319 e. The fraction of sp³-hybridized carbons (Fsp3) is 0.316. The Morgan fingerprint density at radius 3 is 2.42 bits per heavy atom. The van der Waals surface area contributed by atoms with Gasteiger partial charge in [0.2, 0.25) is 10.0 Å². The predicted molar refractivity (Wildman–Crippen MR) is 106 cm³/mol. The molecule has 7 heteroatoms. The zero-order valence-corrected chi connectivity index (χ0v) is 16.3. The molecule has 26 heavy (non-hydrogen) atoms. The van der Waals surface area contributed by atoms with Crippen molar-refractivity contribution in [2.24, 2.45) is 5.73 Å². The Labute approximate surface area is 159 Å². The number of rotatable bonds is 9. The Morgan fingerprint density at radius 1 is 1.15 bits per heavy atom. The molecule has 0 heterocycles. The maximum Gasteiger partial charge on any atom is 0.244 e. The second kappa shape index (κ2) is 9.74. The minimum absolute atomic E-state index is 0.188. The van der Waals surface area contributed by atoms with Gasteiger partial charge in [0.1, 0.15) is 6.54 Å². The lowest BCUT2D eigenvalue weighted by molar-refractivity contribution is 0.436. The highest BCUT2D eigenvalue weighted by Gasteiger charge is 2.24. The van der Waals surface area contributed by atoms with Crippen LogP contribution in [0.5, 0.6) is 0 Å². The van der Waals surface area contributed by atoms with Crippen molar-refractivity contribution in [3.8, 4) is 6.07 Å².